The summed E-state index contributed by atoms with van der Waals surface area (Å²) in [7, 11) is 2.67. The molecule has 0 fully saturated rings. The van der Waals surface area contributed by atoms with Gasteiger partial charge >= 0.3 is 0 Å². The fourth-order valence-corrected chi connectivity index (χ4v) is 0.764. The third kappa shape index (κ3) is 3.27. The average Bonchev–Trinajstić information content (AvgIpc) is 2.07. The van der Waals surface area contributed by atoms with E-state index in [0.717, 1.165) is 0 Å². The van der Waals surface area contributed by atoms with Crippen LogP contribution in [0, 0.1) is 0 Å². The summed E-state index contributed by atoms with van der Waals surface area (Å²) in [5.74, 6) is 0. The molecule has 12 heavy (non-hydrogen) atoms. The van der Waals surface area contributed by atoms with E-state index in [1.807, 2.05) is 0 Å². The fraction of sp³-hybridized carbons (Fsp3) is 0.857. The summed E-state index contributed by atoms with van der Waals surface area (Å²) in [6, 6.07) is 0. The number of methoxy groups -OCH3 is 2. The first-order valence-electron chi connectivity index (χ1n) is 3.50. The molecule has 0 aliphatic carbocycles. The highest BCUT2D eigenvalue weighted by Crippen LogP contribution is 2.01. The van der Waals surface area contributed by atoms with E-state index >= 15 is 0 Å². The molecule has 0 aliphatic heterocycles. The van der Waals surface area contributed by atoms with Crippen molar-refractivity contribution < 1.29 is 24.5 Å². The number of carbonyl (C=O) groups excluding carboxylic acids is 1. The molecule has 0 aliphatic rings. The number of hydrogen-bond acceptors (Lipinski definition) is 5. The van der Waals surface area contributed by atoms with E-state index in [2.05, 4.69) is 9.47 Å². The smallest absolute Gasteiger partial charge is 0.151 e. The summed E-state index contributed by atoms with van der Waals surface area (Å²) in [5, 5.41) is 18.4. The van der Waals surface area contributed by atoms with Gasteiger partial charge in [-0.1, -0.05) is 0 Å². The molecule has 3 atom stereocenters. The van der Waals surface area contributed by atoms with Gasteiger partial charge in [0.15, 0.2) is 6.29 Å². The van der Waals surface area contributed by atoms with Crippen molar-refractivity contribution >= 4 is 6.29 Å². The Morgan fingerprint density at radius 3 is 2.33 bits per heavy atom. The van der Waals surface area contributed by atoms with Gasteiger partial charge in [0.2, 0.25) is 0 Å². The second-order valence-electron chi connectivity index (χ2n) is 2.35. The van der Waals surface area contributed by atoms with Gasteiger partial charge in [-0.15, -0.1) is 0 Å². The fourth-order valence-electron chi connectivity index (χ4n) is 0.764. The Hall–Kier alpha value is -0.490. The molecule has 5 heteroatoms. The van der Waals surface area contributed by atoms with E-state index in [1.165, 1.54) is 14.2 Å². The third-order valence-corrected chi connectivity index (χ3v) is 1.47. The number of carbonyl (C=O) groups is 1. The molecule has 0 radical (unpaired) electrons. The highest BCUT2D eigenvalue weighted by molar-refractivity contribution is 5.57. The van der Waals surface area contributed by atoms with E-state index in [4.69, 9.17) is 5.11 Å². The number of aldehydes is 1. The van der Waals surface area contributed by atoms with Crippen LogP contribution >= 0.6 is 0 Å². The first kappa shape index (κ1) is 11.5. The number of rotatable bonds is 6. The van der Waals surface area contributed by atoms with Crippen LogP contribution in [0.1, 0.15) is 0 Å². The highest BCUT2D eigenvalue weighted by Gasteiger charge is 2.25. The number of ether oxygens (including phenoxy) is 2. The third-order valence-electron chi connectivity index (χ3n) is 1.47. The maximum absolute atomic E-state index is 10.2. The van der Waals surface area contributed by atoms with Gasteiger partial charge in [-0.05, 0) is 0 Å². The van der Waals surface area contributed by atoms with Gasteiger partial charge in [-0.2, -0.15) is 0 Å². The summed E-state index contributed by atoms with van der Waals surface area (Å²) in [5.41, 5.74) is 0. The predicted octanol–water partition coefficient (Wildman–Crippen LogP) is -1.43. The van der Waals surface area contributed by atoms with E-state index in [-0.39, 0.29) is 6.61 Å². The van der Waals surface area contributed by atoms with E-state index in [1.54, 1.807) is 0 Å². The molecule has 0 saturated heterocycles. The minimum Gasteiger partial charge on any atom is -0.388 e. The molecule has 0 aromatic carbocycles. The largest absolute Gasteiger partial charge is 0.388 e. The molecule has 2 N–H and O–H groups in total. The van der Waals surface area contributed by atoms with Crippen LogP contribution in [-0.4, -0.2) is 55.6 Å². The summed E-state index contributed by atoms with van der Waals surface area (Å²) >= 11 is 0. The Morgan fingerprint density at radius 2 is 2.00 bits per heavy atom. The Balaban J connectivity index is 3.95. The van der Waals surface area contributed by atoms with Gasteiger partial charge in [-0.25, -0.2) is 0 Å². The van der Waals surface area contributed by atoms with Crippen molar-refractivity contribution in [3.63, 3.8) is 0 Å². The summed E-state index contributed by atoms with van der Waals surface area (Å²) in [6.07, 6.45) is -2.92. The topological polar surface area (TPSA) is 76.0 Å². The van der Waals surface area contributed by atoms with Crippen molar-refractivity contribution in [1.82, 2.24) is 0 Å². The second kappa shape index (κ2) is 6.07. The monoisotopic (exact) mass is 178 g/mol. The van der Waals surface area contributed by atoms with Crippen molar-refractivity contribution in [3.05, 3.63) is 0 Å². The zero-order valence-electron chi connectivity index (χ0n) is 7.14. The lowest BCUT2D eigenvalue weighted by molar-refractivity contribution is -0.132. The molecule has 0 bridgehead atoms. The Labute approximate surface area is 70.9 Å². The quantitative estimate of drug-likeness (QED) is 0.488. The van der Waals surface area contributed by atoms with Crippen molar-refractivity contribution in [1.29, 1.82) is 0 Å². The van der Waals surface area contributed by atoms with E-state index < -0.39 is 18.3 Å². The number of hydrogen-bond donors (Lipinski definition) is 2. The molecular formula is C7H14O5. The van der Waals surface area contributed by atoms with Crippen LogP contribution < -0.4 is 0 Å². The van der Waals surface area contributed by atoms with Crippen LogP contribution in [0.25, 0.3) is 0 Å². The Kier molecular flexibility index (Phi) is 5.83. The van der Waals surface area contributed by atoms with Crippen molar-refractivity contribution in [2.24, 2.45) is 0 Å². The van der Waals surface area contributed by atoms with Crippen LogP contribution in [0.5, 0.6) is 0 Å². The molecule has 0 saturated carbocycles. The van der Waals surface area contributed by atoms with Crippen LogP contribution in [0.4, 0.5) is 0 Å². The summed E-state index contributed by atoms with van der Waals surface area (Å²) in [6.45, 7) is -0.0329. The van der Waals surface area contributed by atoms with Crippen LogP contribution in [-0.2, 0) is 14.3 Å². The molecule has 0 aromatic rings. The van der Waals surface area contributed by atoms with Gasteiger partial charge < -0.3 is 24.5 Å². The standard InChI is InChI=1S/C7H14O5/c1-11-4-5(9)7(10)6(3-8)12-2/h3,5-7,9-10H,4H2,1-2H3. The lowest BCUT2D eigenvalue weighted by Gasteiger charge is -2.20. The molecular weight excluding hydrogens is 164 g/mol. The molecule has 3 unspecified atom stereocenters. The summed E-state index contributed by atoms with van der Waals surface area (Å²) in [4.78, 5) is 10.2. The van der Waals surface area contributed by atoms with Gasteiger partial charge in [0.25, 0.3) is 0 Å². The summed E-state index contributed by atoms with van der Waals surface area (Å²) < 4.78 is 9.18. The lowest BCUT2D eigenvalue weighted by atomic mass is 10.1. The molecule has 0 spiro atoms. The zero-order chi connectivity index (χ0) is 9.56. The Bertz CT molecular complexity index is 127. The van der Waals surface area contributed by atoms with Gasteiger partial charge in [0.05, 0.1) is 6.61 Å². The second-order valence-corrected chi connectivity index (χ2v) is 2.35. The highest BCUT2D eigenvalue weighted by atomic mass is 16.5. The molecule has 5 nitrogen and oxygen atoms in total. The predicted molar refractivity (Wildman–Crippen MR) is 40.8 cm³/mol. The average molecular weight is 178 g/mol. The van der Waals surface area contributed by atoms with Crippen molar-refractivity contribution in [2.75, 3.05) is 20.8 Å². The van der Waals surface area contributed by atoms with Crippen molar-refractivity contribution in [2.45, 2.75) is 18.3 Å². The minimum absolute atomic E-state index is 0.0329. The molecule has 0 amide bonds. The Morgan fingerprint density at radius 1 is 1.42 bits per heavy atom. The molecule has 0 rings (SSSR count). The van der Waals surface area contributed by atoms with Crippen LogP contribution in [0.2, 0.25) is 0 Å². The molecule has 0 aromatic heterocycles. The van der Waals surface area contributed by atoms with E-state index in [0.29, 0.717) is 6.29 Å². The molecule has 72 valence electrons. The zero-order valence-corrected chi connectivity index (χ0v) is 7.14. The van der Waals surface area contributed by atoms with Crippen LogP contribution in [0.3, 0.4) is 0 Å². The van der Waals surface area contributed by atoms with E-state index in [9.17, 15) is 9.90 Å². The van der Waals surface area contributed by atoms with Gasteiger partial charge in [0, 0.05) is 14.2 Å². The maximum atomic E-state index is 10.2. The minimum atomic E-state index is -1.24. The SMILES string of the molecule is COCC(O)C(O)C(C=O)OC. The normalized spacial score (nSPS) is 18.3. The first-order chi connectivity index (χ1) is 5.67. The van der Waals surface area contributed by atoms with Crippen LogP contribution in [0.15, 0.2) is 0 Å². The van der Waals surface area contributed by atoms with Gasteiger partial charge in [0.1, 0.15) is 18.3 Å². The number of aliphatic hydroxyl groups is 2. The number of aliphatic hydroxyl groups excluding tert-OH is 2. The van der Waals surface area contributed by atoms with Crippen molar-refractivity contribution in [3.8, 4) is 0 Å². The molecule has 0 heterocycles. The lowest BCUT2D eigenvalue weighted by Crippen LogP contribution is -2.41. The first-order valence-corrected chi connectivity index (χ1v) is 3.50. The maximum Gasteiger partial charge on any atom is 0.151 e. The van der Waals surface area contributed by atoms with Gasteiger partial charge in [-0.3, -0.25) is 0 Å².